The van der Waals surface area contributed by atoms with Crippen LogP contribution in [0.15, 0.2) is 42.5 Å². The SMILES string of the molecule is COc1ccc(Cl)cc1C(=O)Nc1ccccc1I. The molecule has 0 aliphatic heterocycles. The molecule has 0 fully saturated rings. The van der Waals surface area contributed by atoms with E-state index in [0.717, 1.165) is 9.26 Å². The second kappa shape index (κ2) is 6.25. The van der Waals surface area contributed by atoms with Gasteiger partial charge in [-0.3, -0.25) is 4.79 Å². The van der Waals surface area contributed by atoms with Crippen molar-refractivity contribution in [3.8, 4) is 5.75 Å². The second-order valence-electron chi connectivity index (χ2n) is 3.78. The van der Waals surface area contributed by atoms with Gasteiger partial charge in [0, 0.05) is 8.59 Å². The van der Waals surface area contributed by atoms with Gasteiger partial charge in [-0.1, -0.05) is 23.7 Å². The van der Waals surface area contributed by atoms with E-state index < -0.39 is 0 Å². The van der Waals surface area contributed by atoms with E-state index in [9.17, 15) is 4.79 Å². The van der Waals surface area contributed by atoms with E-state index in [4.69, 9.17) is 16.3 Å². The molecule has 2 aromatic rings. The van der Waals surface area contributed by atoms with E-state index in [-0.39, 0.29) is 5.91 Å². The summed E-state index contributed by atoms with van der Waals surface area (Å²) in [5.41, 5.74) is 1.17. The number of methoxy groups -OCH3 is 1. The molecule has 0 aliphatic rings. The van der Waals surface area contributed by atoms with Crippen LogP contribution in [-0.2, 0) is 0 Å². The molecular formula is C14H11ClINO2. The highest BCUT2D eigenvalue weighted by Gasteiger charge is 2.14. The standard InChI is InChI=1S/C14H11ClINO2/c1-19-13-7-6-9(15)8-10(13)14(18)17-12-5-3-2-4-11(12)16/h2-8H,1H3,(H,17,18). The minimum Gasteiger partial charge on any atom is -0.496 e. The van der Waals surface area contributed by atoms with Crippen LogP contribution in [0, 0.1) is 3.57 Å². The average molecular weight is 388 g/mol. The van der Waals surface area contributed by atoms with Crippen LogP contribution in [0.1, 0.15) is 10.4 Å². The van der Waals surface area contributed by atoms with Crippen molar-refractivity contribution in [1.29, 1.82) is 0 Å². The first-order chi connectivity index (χ1) is 9.11. The van der Waals surface area contributed by atoms with Gasteiger partial charge in [0.2, 0.25) is 0 Å². The molecule has 3 nitrogen and oxygen atoms in total. The lowest BCUT2D eigenvalue weighted by Gasteiger charge is -2.10. The van der Waals surface area contributed by atoms with Crippen molar-refractivity contribution in [3.63, 3.8) is 0 Å². The third-order valence-corrected chi connectivity index (χ3v) is 3.70. The van der Waals surface area contributed by atoms with Crippen molar-refractivity contribution in [3.05, 3.63) is 56.6 Å². The molecule has 19 heavy (non-hydrogen) atoms. The summed E-state index contributed by atoms with van der Waals surface area (Å²) < 4.78 is 6.14. The molecule has 0 spiro atoms. The van der Waals surface area contributed by atoms with Crippen molar-refractivity contribution in [2.75, 3.05) is 12.4 Å². The summed E-state index contributed by atoms with van der Waals surface area (Å²) in [5.74, 6) is 0.247. The van der Waals surface area contributed by atoms with E-state index >= 15 is 0 Å². The molecular weight excluding hydrogens is 377 g/mol. The highest BCUT2D eigenvalue weighted by molar-refractivity contribution is 14.1. The Morgan fingerprint density at radius 3 is 2.68 bits per heavy atom. The van der Waals surface area contributed by atoms with Crippen LogP contribution in [0.3, 0.4) is 0 Å². The fourth-order valence-electron chi connectivity index (χ4n) is 1.61. The normalized spacial score (nSPS) is 10.1. The van der Waals surface area contributed by atoms with Gasteiger partial charge in [0.05, 0.1) is 18.4 Å². The summed E-state index contributed by atoms with van der Waals surface area (Å²) in [6, 6.07) is 12.5. The fourth-order valence-corrected chi connectivity index (χ4v) is 2.30. The molecule has 0 heterocycles. The second-order valence-corrected chi connectivity index (χ2v) is 5.38. The maximum Gasteiger partial charge on any atom is 0.259 e. The molecule has 0 atom stereocenters. The Morgan fingerprint density at radius 1 is 1.26 bits per heavy atom. The maximum atomic E-state index is 12.2. The molecule has 5 heteroatoms. The van der Waals surface area contributed by atoms with Gasteiger partial charge in [0.15, 0.2) is 0 Å². The third-order valence-electron chi connectivity index (χ3n) is 2.53. The summed E-state index contributed by atoms with van der Waals surface area (Å²) in [4.78, 5) is 12.2. The highest BCUT2D eigenvalue weighted by atomic mass is 127. The Kier molecular flexibility index (Phi) is 4.66. The molecule has 98 valence electrons. The van der Waals surface area contributed by atoms with Crippen LogP contribution in [0.2, 0.25) is 5.02 Å². The first-order valence-corrected chi connectivity index (χ1v) is 6.97. The van der Waals surface area contributed by atoms with Crippen molar-refractivity contribution in [2.45, 2.75) is 0 Å². The number of benzene rings is 2. The quantitative estimate of drug-likeness (QED) is 0.802. The Hall–Kier alpha value is -1.27. The van der Waals surface area contributed by atoms with Gasteiger partial charge in [-0.05, 0) is 52.9 Å². The lowest BCUT2D eigenvalue weighted by atomic mass is 10.2. The number of carbonyl (C=O) groups is 1. The molecule has 0 saturated carbocycles. The third kappa shape index (κ3) is 3.39. The number of carbonyl (C=O) groups excluding carboxylic acids is 1. The van der Waals surface area contributed by atoms with E-state index in [1.807, 2.05) is 24.3 Å². The fraction of sp³-hybridized carbons (Fsp3) is 0.0714. The van der Waals surface area contributed by atoms with Gasteiger partial charge in [-0.15, -0.1) is 0 Å². The lowest BCUT2D eigenvalue weighted by Crippen LogP contribution is -2.14. The van der Waals surface area contributed by atoms with E-state index in [2.05, 4.69) is 27.9 Å². The number of hydrogen-bond donors (Lipinski definition) is 1. The summed E-state index contributed by atoms with van der Waals surface area (Å²) in [5, 5.41) is 3.34. The first kappa shape index (κ1) is 14.1. The number of amides is 1. The molecule has 0 aromatic heterocycles. The number of hydrogen-bond acceptors (Lipinski definition) is 2. The van der Waals surface area contributed by atoms with E-state index in [1.54, 1.807) is 18.2 Å². The zero-order valence-corrected chi connectivity index (χ0v) is 13.0. The zero-order valence-electron chi connectivity index (χ0n) is 10.1. The summed E-state index contributed by atoms with van der Waals surface area (Å²) in [6.45, 7) is 0. The average Bonchev–Trinajstić information content (AvgIpc) is 2.41. The molecule has 0 saturated heterocycles. The van der Waals surface area contributed by atoms with Crippen molar-refractivity contribution >= 4 is 45.8 Å². The van der Waals surface area contributed by atoms with Crippen LogP contribution in [0.4, 0.5) is 5.69 Å². The number of anilines is 1. The minimum absolute atomic E-state index is 0.247. The van der Waals surface area contributed by atoms with Gasteiger partial charge in [-0.2, -0.15) is 0 Å². The minimum atomic E-state index is -0.247. The monoisotopic (exact) mass is 387 g/mol. The van der Waals surface area contributed by atoms with Gasteiger partial charge in [-0.25, -0.2) is 0 Å². The zero-order chi connectivity index (χ0) is 13.8. The molecule has 0 aliphatic carbocycles. The van der Waals surface area contributed by atoms with Crippen LogP contribution >= 0.6 is 34.2 Å². The van der Waals surface area contributed by atoms with Crippen LogP contribution in [0.5, 0.6) is 5.75 Å². The molecule has 0 bridgehead atoms. The lowest BCUT2D eigenvalue weighted by molar-refractivity contribution is 0.102. The number of para-hydroxylation sites is 1. The highest BCUT2D eigenvalue weighted by Crippen LogP contribution is 2.25. The predicted molar refractivity (Wildman–Crippen MR) is 85.1 cm³/mol. The summed E-state index contributed by atoms with van der Waals surface area (Å²) in [6.07, 6.45) is 0. The number of ether oxygens (including phenoxy) is 1. The Bertz CT molecular complexity index is 616. The van der Waals surface area contributed by atoms with Crippen molar-refractivity contribution < 1.29 is 9.53 Å². The summed E-state index contributed by atoms with van der Waals surface area (Å²) in [7, 11) is 1.52. The van der Waals surface area contributed by atoms with Crippen molar-refractivity contribution in [1.82, 2.24) is 0 Å². The van der Waals surface area contributed by atoms with E-state index in [1.165, 1.54) is 7.11 Å². The molecule has 2 aromatic carbocycles. The Morgan fingerprint density at radius 2 is 2.00 bits per heavy atom. The molecule has 0 unspecified atom stereocenters. The van der Waals surface area contributed by atoms with Crippen LogP contribution < -0.4 is 10.1 Å². The number of rotatable bonds is 3. The molecule has 2 rings (SSSR count). The molecule has 0 radical (unpaired) electrons. The number of halogens is 2. The maximum absolute atomic E-state index is 12.2. The van der Waals surface area contributed by atoms with Gasteiger partial charge >= 0.3 is 0 Å². The van der Waals surface area contributed by atoms with E-state index in [0.29, 0.717) is 16.3 Å². The summed E-state index contributed by atoms with van der Waals surface area (Å²) >= 11 is 8.08. The topological polar surface area (TPSA) is 38.3 Å². The molecule has 1 N–H and O–H groups in total. The van der Waals surface area contributed by atoms with Gasteiger partial charge in [0.1, 0.15) is 5.75 Å². The Labute approximate surface area is 130 Å². The van der Waals surface area contributed by atoms with Crippen LogP contribution in [-0.4, -0.2) is 13.0 Å². The Balaban J connectivity index is 2.30. The van der Waals surface area contributed by atoms with Gasteiger partial charge < -0.3 is 10.1 Å². The number of nitrogens with one attached hydrogen (secondary N) is 1. The molecule has 1 amide bonds. The van der Waals surface area contributed by atoms with Crippen LogP contribution in [0.25, 0.3) is 0 Å². The smallest absolute Gasteiger partial charge is 0.259 e. The predicted octanol–water partition coefficient (Wildman–Crippen LogP) is 4.21. The van der Waals surface area contributed by atoms with Gasteiger partial charge in [0.25, 0.3) is 5.91 Å². The van der Waals surface area contributed by atoms with Crippen molar-refractivity contribution in [2.24, 2.45) is 0 Å². The largest absolute Gasteiger partial charge is 0.496 e. The first-order valence-electron chi connectivity index (χ1n) is 5.51.